The Kier molecular flexibility index (Phi) is 6.12. The molecule has 5 heteroatoms. The molecule has 1 aliphatic heterocycles. The molecule has 0 bridgehead atoms. The average Bonchev–Trinajstić information content (AvgIpc) is 2.67. The fourth-order valence-corrected chi connectivity index (χ4v) is 4.23. The van der Waals surface area contributed by atoms with Crippen molar-refractivity contribution in [3.05, 3.63) is 60.4 Å². The van der Waals surface area contributed by atoms with Gasteiger partial charge in [0, 0.05) is 61.8 Å². The number of nitrogens with zero attached hydrogens (tertiary/aromatic N) is 3. The van der Waals surface area contributed by atoms with Crippen LogP contribution in [0.3, 0.4) is 0 Å². The lowest BCUT2D eigenvalue weighted by Crippen LogP contribution is -2.48. The van der Waals surface area contributed by atoms with Gasteiger partial charge in [0.1, 0.15) is 0 Å². The molecule has 0 aliphatic carbocycles. The standard InChI is InChI=1S/C19H25N3OS/c1-17(18-6-5-9-20-16-18)22-12-10-21(11-13-22)14-15-24(23)19-7-3-2-4-8-19/h2-9,16-17H,10-15H2,1H3/t17-,24+/m0/s1. The number of pyridine rings is 1. The van der Waals surface area contributed by atoms with Crippen molar-refractivity contribution in [3.63, 3.8) is 0 Å². The first-order chi connectivity index (χ1) is 11.7. The minimum absolute atomic E-state index is 0.402. The van der Waals surface area contributed by atoms with Crippen LogP contribution in [0, 0.1) is 0 Å². The van der Waals surface area contributed by atoms with Crippen molar-refractivity contribution >= 4 is 10.8 Å². The van der Waals surface area contributed by atoms with Gasteiger partial charge in [0.25, 0.3) is 0 Å². The molecule has 0 radical (unpaired) electrons. The van der Waals surface area contributed by atoms with E-state index in [0.717, 1.165) is 37.6 Å². The van der Waals surface area contributed by atoms with E-state index in [0.29, 0.717) is 11.8 Å². The molecule has 2 heterocycles. The molecule has 128 valence electrons. The van der Waals surface area contributed by atoms with Crippen molar-refractivity contribution in [2.75, 3.05) is 38.5 Å². The number of benzene rings is 1. The first kappa shape index (κ1) is 17.3. The van der Waals surface area contributed by atoms with Crippen molar-refractivity contribution in [3.8, 4) is 0 Å². The number of aromatic nitrogens is 1. The van der Waals surface area contributed by atoms with Crippen LogP contribution < -0.4 is 0 Å². The highest BCUT2D eigenvalue weighted by molar-refractivity contribution is 7.85. The van der Waals surface area contributed by atoms with Crippen LogP contribution in [0.1, 0.15) is 18.5 Å². The molecule has 1 saturated heterocycles. The zero-order valence-corrected chi connectivity index (χ0v) is 15.0. The Balaban J connectivity index is 1.45. The number of hydrogen-bond acceptors (Lipinski definition) is 4. The predicted molar refractivity (Wildman–Crippen MR) is 98.4 cm³/mol. The zero-order valence-electron chi connectivity index (χ0n) is 14.2. The summed E-state index contributed by atoms with van der Waals surface area (Å²) in [5, 5.41) is 0. The van der Waals surface area contributed by atoms with Crippen LogP contribution in [0.5, 0.6) is 0 Å². The third kappa shape index (κ3) is 4.50. The van der Waals surface area contributed by atoms with Gasteiger partial charge in [0.2, 0.25) is 0 Å². The van der Waals surface area contributed by atoms with E-state index in [4.69, 9.17) is 0 Å². The number of hydrogen-bond donors (Lipinski definition) is 0. The lowest BCUT2D eigenvalue weighted by molar-refractivity contribution is 0.106. The minimum Gasteiger partial charge on any atom is -0.300 e. The molecule has 0 amide bonds. The molecule has 1 aromatic heterocycles. The van der Waals surface area contributed by atoms with Crippen LogP contribution >= 0.6 is 0 Å². The topological polar surface area (TPSA) is 36.4 Å². The van der Waals surface area contributed by atoms with Gasteiger partial charge in [-0.2, -0.15) is 0 Å². The molecule has 0 N–H and O–H groups in total. The number of rotatable bonds is 6. The second-order valence-electron chi connectivity index (χ2n) is 6.20. The Morgan fingerprint density at radius 3 is 2.50 bits per heavy atom. The molecular formula is C19H25N3OS. The van der Waals surface area contributed by atoms with Crippen LogP contribution in [0.4, 0.5) is 0 Å². The van der Waals surface area contributed by atoms with E-state index in [1.165, 1.54) is 5.56 Å². The van der Waals surface area contributed by atoms with Gasteiger partial charge < -0.3 is 0 Å². The van der Waals surface area contributed by atoms with Crippen molar-refractivity contribution in [1.82, 2.24) is 14.8 Å². The summed E-state index contributed by atoms with van der Waals surface area (Å²) in [6, 6.07) is 14.3. The third-order valence-corrected chi connectivity index (χ3v) is 6.07. The van der Waals surface area contributed by atoms with Gasteiger partial charge in [0.15, 0.2) is 0 Å². The zero-order chi connectivity index (χ0) is 16.8. The molecule has 2 atom stereocenters. The van der Waals surface area contributed by atoms with Gasteiger partial charge in [-0.3, -0.25) is 19.0 Å². The van der Waals surface area contributed by atoms with Crippen LogP contribution in [0.25, 0.3) is 0 Å². The first-order valence-electron chi connectivity index (χ1n) is 8.54. The van der Waals surface area contributed by atoms with Gasteiger partial charge in [-0.15, -0.1) is 0 Å². The normalized spacial score (nSPS) is 19.0. The summed E-state index contributed by atoms with van der Waals surface area (Å²) in [5.41, 5.74) is 1.27. The highest BCUT2D eigenvalue weighted by atomic mass is 32.2. The average molecular weight is 343 g/mol. The smallest absolute Gasteiger partial charge is 0.0542 e. The fraction of sp³-hybridized carbons (Fsp3) is 0.421. The van der Waals surface area contributed by atoms with Crippen molar-refractivity contribution < 1.29 is 4.21 Å². The van der Waals surface area contributed by atoms with Crippen LogP contribution in [-0.4, -0.2) is 57.5 Å². The summed E-state index contributed by atoms with van der Waals surface area (Å²) in [6.07, 6.45) is 3.78. The summed E-state index contributed by atoms with van der Waals surface area (Å²) in [5.74, 6) is 0.710. The summed E-state index contributed by atoms with van der Waals surface area (Å²) in [7, 11) is -0.896. The molecule has 2 aromatic rings. The molecule has 0 spiro atoms. The van der Waals surface area contributed by atoms with E-state index in [2.05, 4.69) is 27.8 Å². The van der Waals surface area contributed by atoms with Crippen molar-refractivity contribution in [1.29, 1.82) is 0 Å². The molecule has 1 fully saturated rings. The fourth-order valence-electron chi connectivity index (χ4n) is 3.11. The summed E-state index contributed by atoms with van der Waals surface area (Å²) >= 11 is 0. The molecule has 1 aliphatic rings. The Bertz CT molecular complexity index is 642. The van der Waals surface area contributed by atoms with Gasteiger partial charge >= 0.3 is 0 Å². The Hall–Kier alpha value is -1.56. The summed E-state index contributed by atoms with van der Waals surface area (Å²) in [6.45, 7) is 7.32. The Morgan fingerprint density at radius 2 is 1.83 bits per heavy atom. The molecule has 4 nitrogen and oxygen atoms in total. The summed E-state index contributed by atoms with van der Waals surface area (Å²) in [4.78, 5) is 10.1. The van der Waals surface area contributed by atoms with Gasteiger partial charge in [-0.05, 0) is 30.7 Å². The molecule has 0 unspecified atom stereocenters. The SMILES string of the molecule is C[C@@H](c1cccnc1)N1CCN(CC[S@@](=O)c2ccccc2)CC1. The van der Waals surface area contributed by atoms with E-state index in [-0.39, 0.29) is 0 Å². The van der Waals surface area contributed by atoms with Crippen LogP contribution in [-0.2, 0) is 10.8 Å². The van der Waals surface area contributed by atoms with Gasteiger partial charge in [-0.25, -0.2) is 0 Å². The van der Waals surface area contributed by atoms with E-state index in [1.807, 2.05) is 48.8 Å². The first-order valence-corrected chi connectivity index (χ1v) is 9.85. The molecule has 3 rings (SSSR count). The lowest BCUT2D eigenvalue weighted by atomic mass is 10.1. The van der Waals surface area contributed by atoms with E-state index >= 15 is 0 Å². The molecular weight excluding hydrogens is 318 g/mol. The maximum atomic E-state index is 12.3. The lowest BCUT2D eigenvalue weighted by Gasteiger charge is -2.38. The molecule has 1 aromatic carbocycles. The number of piperazine rings is 1. The van der Waals surface area contributed by atoms with Gasteiger partial charge in [-0.1, -0.05) is 24.3 Å². The summed E-state index contributed by atoms with van der Waals surface area (Å²) < 4.78 is 12.3. The van der Waals surface area contributed by atoms with Crippen molar-refractivity contribution in [2.45, 2.75) is 17.9 Å². The largest absolute Gasteiger partial charge is 0.300 e. The van der Waals surface area contributed by atoms with E-state index in [1.54, 1.807) is 0 Å². The van der Waals surface area contributed by atoms with Gasteiger partial charge in [0.05, 0.1) is 10.8 Å². The highest BCUT2D eigenvalue weighted by Crippen LogP contribution is 2.20. The maximum absolute atomic E-state index is 12.3. The van der Waals surface area contributed by atoms with E-state index in [9.17, 15) is 4.21 Å². The maximum Gasteiger partial charge on any atom is 0.0542 e. The Morgan fingerprint density at radius 1 is 1.08 bits per heavy atom. The highest BCUT2D eigenvalue weighted by Gasteiger charge is 2.22. The molecule has 24 heavy (non-hydrogen) atoms. The minimum atomic E-state index is -0.896. The second kappa shape index (κ2) is 8.51. The van der Waals surface area contributed by atoms with Crippen LogP contribution in [0.2, 0.25) is 0 Å². The quantitative estimate of drug-likeness (QED) is 0.808. The Labute approximate surface area is 147 Å². The molecule has 0 saturated carbocycles. The van der Waals surface area contributed by atoms with Crippen LogP contribution in [0.15, 0.2) is 59.8 Å². The third-order valence-electron chi connectivity index (χ3n) is 4.72. The monoisotopic (exact) mass is 343 g/mol. The second-order valence-corrected chi connectivity index (χ2v) is 7.77. The predicted octanol–water partition coefficient (Wildman–Crippen LogP) is 2.57. The van der Waals surface area contributed by atoms with E-state index < -0.39 is 10.8 Å². The van der Waals surface area contributed by atoms with Crippen molar-refractivity contribution in [2.24, 2.45) is 0 Å².